The highest BCUT2D eigenvalue weighted by atomic mass is 32.2. The van der Waals surface area contributed by atoms with Crippen LogP contribution < -0.4 is 0 Å². The van der Waals surface area contributed by atoms with Crippen LogP contribution in [0.15, 0.2) is 0 Å². The maximum Gasteiger partial charge on any atom is 0.356 e. The molecule has 0 aliphatic carbocycles. The van der Waals surface area contributed by atoms with Crippen LogP contribution in [0.5, 0.6) is 0 Å². The van der Waals surface area contributed by atoms with Gasteiger partial charge in [-0.15, -0.1) is 0 Å². The summed E-state index contributed by atoms with van der Waals surface area (Å²) in [6.07, 6.45) is 0.232. The summed E-state index contributed by atoms with van der Waals surface area (Å²) in [5, 5.41) is 14.8. The molecule has 1 aromatic heterocycles. The summed E-state index contributed by atoms with van der Waals surface area (Å²) in [5.41, 5.74) is 0.871. The molecule has 76 valence electrons. The van der Waals surface area contributed by atoms with Crippen LogP contribution in [-0.2, 0) is 22.0 Å². The van der Waals surface area contributed by atoms with Crippen molar-refractivity contribution in [3.8, 4) is 0 Å². The van der Waals surface area contributed by atoms with E-state index in [1.807, 2.05) is 0 Å². The van der Waals surface area contributed by atoms with Gasteiger partial charge in [0.1, 0.15) is 0 Å². The number of nitrogens with one attached hydrogen (secondary N) is 1. The van der Waals surface area contributed by atoms with Gasteiger partial charge in [0.05, 0.1) is 17.2 Å². The molecule has 1 aliphatic heterocycles. The van der Waals surface area contributed by atoms with Crippen molar-refractivity contribution in [3.63, 3.8) is 0 Å². The van der Waals surface area contributed by atoms with Crippen molar-refractivity contribution in [2.45, 2.75) is 12.2 Å². The van der Waals surface area contributed by atoms with Crippen molar-refractivity contribution in [2.75, 3.05) is 5.75 Å². The van der Waals surface area contributed by atoms with Crippen molar-refractivity contribution in [1.29, 1.82) is 0 Å². The lowest BCUT2D eigenvalue weighted by atomic mass is 10.1. The van der Waals surface area contributed by atoms with Crippen LogP contribution in [0.2, 0.25) is 0 Å². The number of rotatable bonds is 1. The number of hydrogen-bond acceptors (Lipinski definition) is 4. The Morgan fingerprint density at radius 3 is 2.86 bits per heavy atom. The Morgan fingerprint density at radius 2 is 2.21 bits per heavy atom. The molecule has 0 amide bonds. The molecule has 0 saturated heterocycles. The first-order chi connectivity index (χ1) is 6.49. The molecule has 1 aliphatic rings. The number of carboxylic acid groups (broad SMARTS) is 1. The van der Waals surface area contributed by atoms with Crippen LogP contribution >= 0.6 is 0 Å². The van der Waals surface area contributed by atoms with Gasteiger partial charge >= 0.3 is 5.97 Å². The maximum absolute atomic E-state index is 11.2. The second kappa shape index (κ2) is 2.81. The summed E-state index contributed by atoms with van der Waals surface area (Å²) in [5.74, 6) is -1.26. The molecule has 2 rings (SSSR count). The second-order valence-corrected chi connectivity index (χ2v) is 5.36. The minimum atomic E-state index is -3.07. The van der Waals surface area contributed by atoms with E-state index in [0.717, 1.165) is 0 Å². The van der Waals surface area contributed by atoms with E-state index in [1.165, 1.54) is 0 Å². The van der Waals surface area contributed by atoms with Gasteiger partial charge in [-0.25, -0.2) is 13.2 Å². The van der Waals surface area contributed by atoms with Crippen LogP contribution in [0.3, 0.4) is 0 Å². The number of aromatic amines is 1. The van der Waals surface area contributed by atoms with Crippen molar-refractivity contribution < 1.29 is 18.3 Å². The van der Waals surface area contributed by atoms with Gasteiger partial charge in [-0.1, -0.05) is 0 Å². The van der Waals surface area contributed by atoms with Crippen LogP contribution in [0.25, 0.3) is 0 Å². The van der Waals surface area contributed by atoms with E-state index in [4.69, 9.17) is 5.11 Å². The van der Waals surface area contributed by atoms with Crippen molar-refractivity contribution in [3.05, 3.63) is 17.0 Å². The summed E-state index contributed by atoms with van der Waals surface area (Å²) in [6.45, 7) is 0. The molecule has 2 heterocycles. The molecule has 7 heteroatoms. The van der Waals surface area contributed by atoms with Crippen molar-refractivity contribution in [1.82, 2.24) is 10.2 Å². The molecule has 0 atom stereocenters. The number of H-pyrrole nitrogens is 1. The SMILES string of the molecule is O=C(O)c1n[nH]c2c1CCS(=O)(=O)C2. The number of carbonyl (C=O) groups is 1. The molecule has 0 bridgehead atoms. The first-order valence-electron chi connectivity index (χ1n) is 3.99. The molecule has 0 radical (unpaired) electrons. The average molecular weight is 216 g/mol. The fourth-order valence-electron chi connectivity index (χ4n) is 1.52. The van der Waals surface area contributed by atoms with Gasteiger partial charge in [-0.2, -0.15) is 5.10 Å². The minimum absolute atomic E-state index is 0.000185. The first kappa shape index (κ1) is 9.20. The third-order valence-electron chi connectivity index (χ3n) is 2.18. The van der Waals surface area contributed by atoms with Crippen molar-refractivity contribution in [2.24, 2.45) is 0 Å². The molecule has 0 spiro atoms. The number of hydrogen-bond donors (Lipinski definition) is 2. The van der Waals surface area contributed by atoms with E-state index >= 15 is 0 Å². The summed E-state index contributed by atoms with van der Waals surface area (Å²) < 4.78 is 22.4. The van der Waals surface area contributed by atoms with Gasteiger partial charge in [-0.05, 0) is 6.42 Å². The summed E-state index contributed by atoms with van der Waals surface area (Å²) in [4.78, 5) is 10.7. The van der Waals surface area contributed by atoms with Gasteiger partial charge in [0.2, 0.25) is 0 Å². The molecule has 0 aromatic carbocycles. The summed E-state index contributed by atoms with van der Waals surface area (Å²) >= 11 is 0. The summed E-state index contributed by atoms with van der Waals surface area (Å²) in [7, 11) is -3.07. The van der Waals surface area contributed by atoms with Gasteiger partial charge in [0.25, 0.3) is 0 Å². The number of carboxylic acids is 1. The fourth-order valence-corrected chi connectivity index (χ4v) is 2.85. The minimum Gasteiger partial charge on any atom is -0.476 e. The molecule has 0 fully saturated rings. The van der Waals surface area contributed by atoms with Gasteiger partial charge in [0, 0.05) is 5.56 Å². The molecule has 6 nitrogen and oxygen atoms in total. The highest BCUT2D eigenvalue weighted by molar-refractivity contribution is 7.90. The fraction of sp³-hybridized carbons (Fsp3) is 0.429. The monoisotopic (exact) mass is 216 g/mol. The Morgan fingerprint density at radius 1 is 1.50 bits per heavy atom. The molecule has 0 saturated carbocycles. The number of sulfone groups is 1. The highest BCUT2D eigenvalue weighted by Crippen LogP contribution is 2.21. The third kappa shape index (κ3) is 1.39. The second-order valence-electron chi connectivity index (χ2n) is 3.18. The zero-order valence-corrected chi connectivity index (χ0v) is 7.97. The van der Waals surface area contributed by atoms with E-state index < -0.39 is 15.8 Å². The van der Waals surface area contributed by atoms with E-state index in [1.54, 1.807) is 0 Å². The predicted octanol–water partition coefficient (Wildman–Crippen LogP) is -0.421. The van der Waals surface area contributed by atoms with Crippen LogP contribution in [0.4, 0.5) is 0 Å². The van der Waals surface area contributed by atoms with Crippen LogP contribution in [0.1, 0.15) is 21.7 Å². The zero-order chi connectivity index (χ0) is 10.3. The van der Waals surface area contributed by atoms with Gasteiger partial charge in [-0.3, -0.25) is 5.10 Å². The van der Waals surface area contributed by atoms with Crippen molar-refractivity contribution >= 4 is 15.8 Å². The van der Waals surface area contributed by atoms with Crippen LogP contribution in [0, 0.1) is 0 Å². The molecular formula is C7H8N2O4S. The lowest BCUT2D eigenvalue weighted by Crippen LogP contribution is -2.19. The standard InChI is InChI=1S/C7H8N2O4S/c10-7(11)6-4-1-2-14(12,13)3-5(4)8-9-6/h1-3H2,(H,8,9)(H,10,11). The Labute approximate surface area is 79.9 Å². The lowest BCUT2D eigenvalue weighted by Gasteiger charge is -2.10. The quantitative estimate of drug-likeness (QED) is 0.664. The largest absolute Gasteiger partial charge is 0.476 e. The number of fused-ring (bicyclic) bond motifs is 1. The van der Waals surface area contributed by atoms with E-state index in [0.29, 0.717) is 11.3 Å². The Balaban J connectivity index is 2.49. The number of nitrogens with zero attached hydrogens (tertiary/aromatic N) is 1. The third-order valence-corrected chi connectivity index (χ3v) is 3.74. The molecule has 14 heavy (non-hydrogen) atoms. The smallest absolute Gasteiger partial charge is 0.356 e. The Kier molecular flexibility index (Phi) is 1.84. The van der Waals surface area contributed by atoms with E-state index in [2.05, 4.69) is 10.2 Å². The Hall–Kier alpha value is -1.37. The average Bonchev–Trinajstić information content (AvgIpc) is 2.44. The van der Waals surface area contributed by atoms with Crippen LogP contribution in [-0.4, -0.2) is 35.4 Å². The molecule has 0 unspecified atom stereocenters. The first-order valence-corrected chi connectivity index (χ1v) is 5.81. The van der Waals surface area contributed by atoms with E-state index in [9.17, 15) is 13.2 Å². The van der Waals surface area contributed by atoms with Gasteiger partial charge < -0.3 is 5.11 Å². The Bertz CT molecular complexity index is 488. The van der Waals surface area contributed by atoms with Gasteiger partial charge in [0.15, 0.2) is 15.5 Å². The summed E-state index contributed by atoms with van der Waals surface area (Å²) in [6, 6.07) is 0. The number of aromatic carboxylic acids is 1. The number of aromatic nitrogens is 2. The van der Waals surface area contributed by atoms with E-state index in [-0.39, 0.29) is 23.6 Å². The highest BCUT2D eigenvalue weighted by Gasteiger charge is 2.28. The molecule has 2 N–H and O–H groups in total. The lowest BCUT2D eigenvalue weighted by molar-refractivity contribution is 0.0689. The normalized spacial score (nSPS) is 18.9. The topological polar surface area (TPSA) is 100 Å². The predicted molar refractivity (Wildman–Crippen MR) is 46.7 cm³/mol. The maximum atomic E-state index is 11.2. The zero-order valence-electron chi connectivity index (χ0n) is 7.15. The molecule has 1 aromatic rings. The molecular weight excluding hydrogens is 208 g/mol.